The van der Waals surface area contributed by atoms with Crippen LogP contribution >= 0.6 is 0 Å². The lowest BCUT2D eigenvalue weighted by Crippen LogP contribution is -2.35. The minimum Gasteiger partial charge on any atom is -0.469 e. The fourth-order valence-electron chi connectivity index (χ4n) is 1.72. The third kappa shape index (κ3) is 3.09. The van der Waals surface area contributed by atoms with Gasteiger partial charge in [-0.2, -0.15) is 0 Å². The normalized spacial score (nSPS) is 12.0. The molecular formula is C12H19N3O3. The summed E-state index contributed by atoms with van der Waals surface area (Å²) in [6.45, 7) is 4.63. The molecule has 0 saturated carbocycles. The van der Waals surface area contributed by atoms with Gasteiger partial charge in [0.2, 0.25) is 0 Å². The molecule has 1 aromatic rings. The highest BCUT2D eigenvalue weighted by atomic mass is 16.5. The molecular weight excluding hydrogens is 234 g/mol. The number of aryl methyl sites for hydroxylation is 1. The highest BCUT2D eigenvalue weighted by molar-refractivity contribution is 5.72. The second-order valence-electron chi connectivity index (χ2n) is 4.15. The van der Waals surface area contributed by atoms with Gasteiger partial charge >= 0.3 is 5.97 Å². The van der Waals surface area contributed by atoms with Crippen LogP contribution in [-0.4, -0.2) is 36.2 Å². The molecule has 100 valence electrons. The third-order valence-corrected chi connectivity index (χ3v) is 2.75. The average Bonchev–Trinajstić information content (AvgIpc) is 2.37. The lowest BCUT2D eigenvalue weighted by molar-refractivity contribution is -0.144. The van der Waals surface area contributed by atoms with Crippen molar-refractivity contribution in [2.75, 3.05) is 25.6 Å². The van der Waals surface area contributed by atoms with Crippen LogP contribution in [0.5, 0.6) is 0 Å². The summed E-state index contributed by atoms with van der Waals surface area (Å²) in [7, 11) is 3.09. The first-order chi connectivity index (χ1) is 8.51. The fraction of sp³-hybridized carbons (Fsp3) is 0.583. The first kappa shape index (κ1) is 14.2. The molecule has 1 aromatic heterocycles. The van der Waals surface area contributed by atoms with E-state index < -0.39 is 0 Å². The Morgan fingerprint density at radius 1 is 1.61 bits per heavy atom. The Balaban J connectivity index is 2.88. The highest BCUT2D eigenvalue weighted by Crippen LogP contribution is 2.06. The second-order valence-corrected chi connectivity index (χ2v) is 4.15. The summed E-state index contributed by atoms with van der Waals surface area (Å²) in [5.74, 6) is -0.264. The number of nitrogens with zero attached hydrogens (tertiary/aromatic N) is 3. The topological polar surface area (TPSA) is 64.4 Å². The first-order valence-corrected chi connectivity index (χ1v) is 5.85. The molecule has 0 amide bonds. The van der Waals surface area contributed by atoms with Crippen LogP contribution in [0.4, 0.5) is 5.82 Å². The van der Waals surface area contributed by atoms with Gasteiger partial charge in [-0.3, -0.25) is 9.59 Å². The van der Waals surface area contributed by atoms with E-state index in [1.165, 1.54) is 7.11 Å². The van der Waals surface area contributed by atoms with Crippen molar-refractivity contribution in [2.24, 2.45) is 5.92 Å². The standard InChI is InChI=1S/C12H19N3O3/c1-5-15-7-6-13-10(11(15)16)14(3)8-9(2)12(17)18-4/h6-7,9H,5,8H2,1-4H3. The number of carbonyl (C=O) groups excluding carboxylic acids is 1. The molecule has 0 radical (unpaired) electrons. The molecule has 1 unspecified atom stereocenters. The van der Waals surface area contributed by atoms with Crippen molar-refractivity contribution < 1.29 is 9.53 Å². The van der Waals surface area contributed by atoms with Crippen molar-refractivity contribution in [2.45, 2.75) is 20.4 Å². The maximum atomic E-state index is 12.0. The van der Waals surface area contributed by atoms with Crippen molar-refractivity contribution >= 4 is 11.8 Å². The molecule has 0 saturated heterocycles. The van der Waals surface area contributed by atoms with Gasteiger partial charge in [-0.1, -0.05) is 6.92 Å². The maximum absolute atomic E-state index is 12.0. The number of carbonyl (C=O) groups is 1. The zero-order valence-corrected chi connectivity index (χ0v) is 11.2. The Morgan fingerprint density at radius 3 is 2.83 bits per heavy atom. The van der Waals surface area contributed by atoms with Crippen molar-refractivity contribution in [3.63, 3.8) is 0 Å². The summed E-state index contributed by atoms with van der Waals surface area (Å²) in [6.07, 6.45) is 3.23. The van der Waals surface area contributed by atoms with Crippen LogP contribution in [-0.2, 0) is 16.1 Å². The number of anilines is 1. The highest BCUT2D eigenvalue weighted by Gasteiger charge is 2.18. The van der Waals surface area contributed by atoms with Gasteiger partial charge in [0.1, 0.15) is 0 Å². The summed E-state index contributed by atoms with van der Waals surface area (Å²) in [5, 5.41) is 0. The predicted octanol–water partition coefficient (Wildman–Crippen LogP) is 0.509. The molecule has 1 rings (SSSR count). The Morgan fingerprint density at radius 2 is 2.28 bits per heavy atom. The molecule has 1 heterocycles. The summed E-state index contributed by atoms with van der Waals surface area (Å²) < 4.78 is 6.23. The number of hydrogen-bond acceptors (Lipinski definition) is 5. The van der Waals surface area contributed by atoms with Crippen LogP contribution in [0.3, 0.4) is 0 Å². The number of ether oxygens (including phenoxy) is 1. The Bertz CT molecular complexity index is 470. The molecule has 0 bridgehead atoms. The van der Waals surface area contributed by atoms with Crippen LogP contribution in [0.25, 0.3) is 0 Å². The van der Waals surface area contributed by atoms with Gasteiger partial charge in [0.05, 0.1) is 13.0 Å². The fourth-order valence-corrected chi connectivity index (χ4v) is 1.72. The predicted molar refractivity (Wildman–Crippen MR) is 68.6 cm³/mol. The molecule has 6 nitrogen and oxygen atoms in total. The largest absolute Gasteiger partial charge is 0.469 e. The maximum Gasteiger partial charge on any atom is 0.310 e. The smallest absolute Gasteiger partial charge is 0.310 e. The third-order valence-electron chi connectivity index (χ3n) is 2.75. The van der Waals surface area contributed by atoms with Gasteiger partial charge in [-0.15, -0.1) is 0 Å². The minimum absolute atomic E-state index is 0.153. The Kier molecular flexibility index (Phi) is 4.88. The van der Waals surface area contributed by atoms with Gasteiger partial charge in [0.25, 0.3) is 5.56 Å². The van der Waals surface area contributed by atoms with E-state index in [0.29, 0.717) is 18.9 Å². The SMILES string of the molecule is CCn1ccnc(N(C)CC(C)C(=O)OC)c1=O. The van der Waals surface area contributed by atoms with Gasteiger partial charge in [-0.05, 0) is 6.92 Å². The van der Waals surface area contributed by atoms with E-state index in [9.17, 15) is 9.59 Å². The van der Waals surface area contributed by atoms with Crippen LogP contribution in [0, 0.1) is 5.92 Å². The first-order valence-electron chi connectivity index (χ1n) is 5.85. The van der Waals surface area contributed by atoms with E-state index in [1.807, 2.05) is 6.92 Å². The number of aromatic nitrogens is 2. The summed E-state index contributed by atoms with van der Waals surface area (Å²) in [5.41, 5.74) is -0.153. The van der Waals surface area contributed by atoms with Crippen LogP contribution in [0.2, 0.25) is 0 Å². The molecule has 0 aliphatic heterocycles. The average molecular weight is 253 g/mol. The van der Waals surface area contributed by atoms with Crippen molar-refractivity contribution in [3.05, 3.63) is 22.7 Å². The summed E-state index contributed by atoms with van der Waals surface area (Å²) in [4.78, 5) is 29.1. The molecule has 0 fully saturated rings. The zero-order valence-electron chi connectivity index (χ0n) is 11.2. The van der Waals surface area contributed by atoms with Crippen LogP contribution in [0.1, 0.15) is 13.8 Å². The number of esters is 1. The molecule has 18 heavy (non-hydrogen) atoms. The van der Waals surface area contributed by atoms with E-state index in [-0.39, 0.29) is 17.4 Å². The molecule has 0 aliphatic rings. The molecule has 0 aliphatic carbocycles. The number of hydrogen-bond donors (Lipinski definition) is 0. The van der Waals surface area contributed by atoms with E-state index in [0.717, 1.165) is 0 Å². The quantitative estimate of drug-likeness (QED) is 0.715. The monoisotopic (exact) mass is 253 g/mol. The summed E-state index contributed by atoms with van der Waals surface area (Å²) in [6, 6.07) is 0. The van der Waals surface area contributed by atoms with E-state index in [4.69, 9.17) is 0 Å². The van der Waals surface area contributed by atoms with Crippen molar-refractivity contribution in [1.82, 2.24) is 9.55 Å². The van der Waals surface area contributed by atoms with Crippen molar-refractivity contribution in [3.8, 4) is 0 Å². The molecule has 0 N–H and O–H groups in total. The minimum atomic E-state index is -0.309. The van der Waals surface area contributed by atoms with Crippen molar-refractivity contribution in [1.29, 1.82) is 0 Å². The van der Waals surface area contributed by atoms with E-state index in [1.54, 1.807) is 35.8 Å². The molecule has 6 heteroatoms. The van der Waals surface area contributed by atoms with Gasteiger partial charge in [0, 0.05) is 32.5 Å². The van der Waals surface area contributed by atoms with Crippen LogP contribution < -0.4 is 10.5 Å². The summed E-state index contributed by atoms with van der Waals surface area (Å²) >= 11 is 0. The molecule has 0 spiro atoms. The second kappa shape index (κ2) is 6.18. The van der Waals surface area contributed by atoms with Gasteiger partial charge in [0.15, 0.2) is 5.82 Å². The lowest BCUT2D eigenvalue weighted by Gasteiger charge is -2.20. The molecule has 0 aromatic carbocycles. The molecule has 1 atom stereocenters. The van der Waals surface area contributed by atoms with Gasteiger partial charge in [-0.25, -0.2) is 4.98 Å². The zero-order chi connectivity index (χ0) is 13.7. The van der Waals surface area contributed by atoms with E-state index in [2.05, 4.69) is 9.72 Å². The Labute approximate surface area is 106 Å². The van der Waals surface area contributed by atoms with E-state index >= 15 is 0 Å². The Hall–Kier alpha value is -1.85. The number of methoxy groups -OCH3 is 1. The lowest BCUT2D eigenvalue weighted by atomic mass is 10.2. The van der Waals surface area contributed by atoms with Gasteiger partial charge < -0.3 is 14.2 Å². The number of rotatable bonds is 5. The van der Waals surface area contributed by atoms with Crippen LogP contribution in [0.15, 0.2) is 17.2 Å².